The minimum absolute atomic E-state index is 0. The van der Waals surface area contributed by atoms with Gasteiger partial charge < -0.3 is 19.1 Å². The molecule has 0 aliphatic heterocycles. The Hall–Kier alpha value is -2.08. The first-order valence-corrected chi connectivity index (χ1v) is 11.6. The zero-order chi connectivity index (χ0) is 22.2. The Morgan fingerprint density at radius 2 is 1.75 bits per heavy atom. The quantitative estimate of drug-likeness (QED) is 0.284. The van der Waals surface area contributed by atoms with Crippen LogP contribution in [0.2, 0.25) is 0 Å². The molecule has 166 valence electrons. The minimum atomic E-state index is -0.942. The van der Waals surface area contributed by atoms with Crippen molar-refractivity contribution < 1.29 is 38.9 Å². The predicted molar refractivity (Wildman–Crippen MR) is 125 cm³/mol. The molecule has 3 aromatic rings. The van der Waals surface area contributed by atoms with Crippen LogP contribution in [0.15, 0.2) is 65.6 Å². The largest absolute Gasteiger partial charge is 0.492 e. The van der Waals surface area contributed by atoms with Gasteiger partial charge in [0.05, 0.1) is 6.54 Å². The molecule has 2 aromatic carbocycles. The third-order valence-electron chi connectivity index (χ3n) is 5.16. The van der Waals surface area contributed by atoms with Crippen molar-refractivity contribution in [2.24, 2.45) is 0 Å². The number of aliphatic carboxylic acids is 1. The number of benzene rings is 2. The van der Waals surface area contributed by atoms with Gasteiger partial charge in [-0.25, -0.2) is 4.79 Å². The van der Waals surface area contributed by atoms with E-state index in [9.17, 15) is 9.90 Å². The number of carboxylic acid groups (broad SMARTS) is 1. The van der Waals surface area contributed by atoms with Crippen LogP contribution < -0.4 is 4.74 Å². The fourth-order valence-corrected chi connectivity index (χ4v) is 3.90. The number of rotatable bonds is 11. The molecule has 1 heterocycles. The van der Waals surface area contributed by atoms with Crippen LogP contribution in [-0.2, 0) is 42.0 Å². The molecule has 1 atom stereocenters. The number of hydrogen-bond donors (Lipinski definition) is 1. The van der Waals surface area contributed by atoms with Crippen molar-refractivity contribution in [3.05, 3.63) is 71.9 Å². The monoisotopic (exact) mass is 503 g/mol. The molecule has 5 nitrogen and oxygen atoms in total. The second-order valence-corrected chi connectivity index (χ2v) is 8.10. The third kappa shape index (κ3) is 6.96. The van der Waals surface area contributed by atoms with Crippen molar-refractivity contribution in [2.75, 3.05) is 19.5 Å². The Balaban J connectivity index is 0.00000363. The van der Waals surface area contributed by atoms with Gasteiger partial charge in [0.25, 0.3) is 0 Å². The van der Waals surface area contributed by atoms with E-state index in [2.05, 4.69) is 54.1 Å². The molecule has 0 bridgehead atoms. The van der Waals surface area contributed by atoms with E-state index < -0.39 is 12.1 Å². The van der Waals surface area contributed by atoms with Crippen LogP contribution in [0.4, 0.5) is 0 Å². The molecule has 32 heavy (non-hydrogen) atoms. The van der Waals surface area contributed by atoms with Crippen LogP contribution in [0.5, 0.6) is 5.75 Å². The summed E-state index contributed by atoms with van der Waals surface area (Å²) in [5.41, 5.74) is 4.47. The van der Waals surface area contributed by atoms with Crippen LogP contribution >= 0.6 is 11.8 Å². The van der Waals surface area contributed by atoms with Gasteiger partial charge in [0, 0.05) is 48.8 Å². The Kier molecular flexibility index (Phi) is 10.5. The van der Waals surface area contributed by atoms with Crippen LogP contribution in [0.25, 0.3) is 11.3 Å². The molecular weight excluding hydrogens is 476 g/mol. The van der Waals surface area contributed by atoms with E-state index in [1.54, 1.807) is 18.7 Å². The topological polar surface area (TPSA) is 60.7 Å². The molecule has 0 aliphatic rings. The van der Waals surface area contributed by atoms with Crippen molar-refractivity contribution in [1.82, 2.24) is 4.57 Å². The maximum absolute atomic E-state index is 11.3. The van der Waals surface area contributed by atoms with E-state index in [4.69, 9.17) is 9.47 Å². The third-order valence-corrected chi connectivity index (χ3v) is 5.90. The summed E-state index contributed by atoms with van der Waals surface area (Å²) in [6.45, 7) is 5.56. The van der Waals surface area contributed by atoms with Gasteiger partial charge in [-0.15, -0.1) is 11.8 Å². The average molecular weight is 505 g/mol. The summed E-state index contributed by atoms with van der Waals surface area (Å²) in [6.07, 6.45) is 1.59. The van der Waals surface area contributed by atoms with E-state index in [1.807, 2.05) is 24.3 Å². The Labute approximate surface area is 206 Å². The Morgan fingerprint density at radius 3 is 2.34 bits per heavy atom. The van der Waals surface area contributed by atoms with Crippen LogP contribution in [0.3, 0.4) is 0 Å². The average Bonchev–Trinajstić information content (AvgIpc) is 3.15. The number of aryl methyl sites for hydroxylation is 1. The van der Waals surface area contributed by atoms with Gasteiger partial charge in [-0.05, 0) is 67.6 Å². The molecule has 1 aromatic heterocycles. The van der Waals surface area contributed by atoms with Crippen molar-refractivity contribution in [3.63, 3.8) is 0 Å². The van der Waals surface area contributed by atoms with E-state index in [-0.39, 0.29) is 19.5 Å². The summed E-state index contributed by atoms with van der Waals surface area (Å²) in [6, 6.07) is 20.4. The molecule has 0 saturated carbocycles. The summed E-state index contributed by atoms with van der Waals surface area (Å²) in [5, 5.41) is 9.23. The molecule has 0 saturated heterocycles. The second-order valence-electron chi connectivity index (χ2n) is 7.22. The maximum Gasteiger partial charge on any atom is 0.333 e. The molecular formula is C25H29NO4SZn. The molecule has 7 heteroatoms. The predicted octanol–water partition coefficient (Wildman–Crippen LogP) is 5.29. The van der Waals surface area contributed by atoms with Crippen LogP contribution in [-0.4, -0.2) is 41.2 Å². The van der Waals surface area contributed by atoms with Gasteiger partial charge in [-0.1, -0.05) is 24.3 Å². The number of carboxylic acids is 1. The first kappa shape index (κ1) is 26.2. The SMILES string of the molecule is CCOC(Cc1ccc(OCCn2c(C)ccc2-c2ccc(SC)cc2)cc1)C(=O)O.[Zn]. The fraction of sp³-hybridized carbons (Fsp3) is 0.320. The molecule has 1 unspecified atom stereocenters. The summed E-state index contributed by atoms with van der Waals surface area (Å²) >= 11 is 1.74. The standard InChI is InChI=1S/C25H29NO4S.Zn/c1-4-29-24(25(27)28)17-19-6-10-21(11-7-19)30-16-15-26-18(2)5-14-23(26)20-8-12-22(31-3)13-9-20;/h5-14,24H,4,15-17H2,1-3H3,(H,27,28);. The Bertz CT molecular complexity index is 986. The Morgan fingerprint density at radius 1 is 1.06 bits per heavy atom. The number of thioether (sulfide) groups is 1. The first-order valence-electron chi connectivity index (χ1n) is 10.4. The van der Waals surface area contributed by atoms with Gasteiger partial charge in [0.2, 0.25) is 0 Å². The number of aromatic nitrogens is 1. The van der Waals surface area contributed by atoms with Gasteiger partial charge in [0.15, 0.2) is 6.10 Å². The number of nitrogens with zero attached hydrogens (tertiary/aromatic N) is 1. The van der Waals surface area contributed by atoms with E-state index >= 15 is 0 Å². The van der Waals surface area contributed by atoms with Gasteiger partial charge in [0.1, 0.15) is 12.4 Å². The smallest absolute Gasteiger partial charge is 0.333 e. The van der Waals surface area contributed by atoms with Gasteiger partial charge >= 0.3 is 5.97 Å². The normalized spacial score (nSPS) is 11.6. The molecule has 0 radical (unpaired) electrons. The first-order chi connectivity index (χ1) is 15.0. The summed E-state index contributed by atoms with van der Waals surface area (Å²) in [5.74, 6) is -0.175. The summed E-state index contributed by atoms with van der Waals surface area (Å²) in [7, 11) is 0. The van der Waals surface area contributed by atoms with Crippen molar-refractivity contribution >= 4 is 17.7 Å². The van der Waals surface area contributed by atoms with Crippen LogP contribution in [0.1, 0.15) is 18.2 Å². The number of ether oxygens (including phenoxy) is 2. The molecule has 0 amide bonds. The van der Waals surface area contributed by atoms with Gasteiger partial charge in [-0.2, -0.15) is 0 Å². The molecule has 1 N–H and O–H groups in total. The summed E-state index contributed by atoms with van der Waals surface area (Å²) in [4.78, 5) is 12.5. The molecule has 0 aliphatic carbocycles. The molecule has 3 rings (SSSR count). The van der Waals surface area contributed by atoms with Crippen molar-refractivity contribution in [1.29, 1.82) is 0 Å². The van der Waals surface area contributed by atoms with E-state index in [0.717, 1.165) is 17.9 Å². The maximum atomic E-state index is 11.3. The second kappa shape index (κ2) is 12.8. The van der Waals surface area contributed by atoms with E-state index in [1.165, 1.54) is 21.8 Å². The fourth-order valence-electron chi connectivity index (χ4n) is 3.49. The van der Waals surface area contributed by atoms with Crippen LogP contribution in [0, 0.1) is 6.92 Å². The number of hydrogen-bond acceptors (Lipinski definition) is 4. The zero-order valence-electron chi connectivity index (χ0n) is 18.9. The molecule has 0 spiro atoms. The molecule has 0 fully saturated rings. The minimum Gasteiger partial charge on any atom is -0.492 e. The van der Waals surface area contributed by atoms with Crippen molar-refractivity contribution in [3.8, 4) is 17.0 Å². The zero-order valence-corrected chi connectivity index (χ0v) is 22.7. The van der Waals surface area contributed by atoms with Gasteiger partial charge in [-0.3, -0.25) is 0 Å². The number of carbonyl (C=O) groups is 1. The van der Waals surface area contributed by atoms with Crippen molar-refractivity contribution in [2.45, 2.75) is 37.8 Å². The van der Waals surface area contributed by atoms with E-state index in [0.29, 0.717) is 19.6 Å². The summed E-state index contributed by atoms with van der Waals surface area (Å²) < 4.78 is 13.5.